The number of H-pyrrole nitrogens is 1. The highest BCUT2D eigenvalue weighted by Crippen LogP contribution is 1.99. The third-order valence-electron chi connectivity index (χ3n) is 1.83. The van der Waals surface area contributed by atoms with Gasteiger partial charge in [-0.3, -0.25) is 4.79 Å². The number of aromatic nitrogens is 2. The van der Waals surface area contributed by atoms with Gasteiger partial charge in [-0.1, -0.05) is 6.92 Å². The molecule has 66 valence electrons. The van der Waals surface area contributed by atoms with E-state index in [9.17, 15) is 4.79 Å². The minimum atomic E-state index is -0.0812. The first-order chi connectivity index (χ1) is 5.69. The van der Waals surface area contributed by atoms with Crippen LogP contribution in [0.3, 0.4) is 0 Å². The summed E-state index contributed by atoms with van der Waals surface area (Å²) in [6.07, 6.45) is 0.767. The molecule has 1 heterocycles. The summed E-state index contributed by atoms with van der Waals surface area (Å²) in [5.74, 6) is 0.558. The molecular formula is C8H13N3O. The van der Waals surface area contributed by atoms with Gasteiger partial charge in [0.25, 0.3) is 5.56 Å². The van der Waals surface area contributed by atoms with Gasteiger partial charge >= 0.3 is 0 Å². The van der Waals surface area contributed by atoms with Crippen molar-refractivity contribution in [2.75, 3.05) is 0 Å². The third-order valence-corrected chi connectivity index (χ3v) is 1.83. The van der Waals surface area contributed by atoms with E-state index < -0.39 is 0 Å². The van der Waals surface area contributed by atoms with Crippen LogP contribution in [-0.2, 0) is 13.0 Å². The quantitative estimate of drug-likeness (QED) is 0.656. The van der Waals surface area contributed by atoms with Gasteiger partial charge in [-0.05, 0) is 13.3 Å². The molecule has 0 bridgehead atoms. The van der Waals surface area contributed by atoms with Gasteiger partial charge in [-0.2, -0.15) is 0 Å². The van der Waals surface area contributed by atoms with Crippen LogP contribution >= 0.6 is 0 Å². The highest BCUT2D eigenvalue weighted by molar-refractivity contribution is 5.15. The number of nitrogens with two attached hydrogens (primary N) is 1. The van der Waals surface area contributed by atoms with Crippen LogP contribution in [0.5, 0.6) is 0 Å². The number of hydrogen-bond acceptors (Lipinski definition) is 3. The van der Waals surface area contributed by atoms with Gasteiger partial charge in [0.15, 0.2) is 0 Å². The fraction of sp³-hybridized carbons (Fsp3) is 0.500. The molecule has 0 spiro atoms. The lowest BCUT2D eigenvalue weighted by molar-refractivity contribution is 0.838. The summed E-state index contributed by atoms with van der Waals surface area (Å²) in [6.45, 7) is 4.02. The van der Waals surface area contributed by atoms with Crippen molar-refractivity contribution in [3.63, 3.8) is 0 Å². The van der Waals surface area contributed by atoms with Crippen molar-refractivity contribution in [2.24, 2.45) is 5.73 Å². The molecule has 0 aliphatic heterocycles. The highest BCUT2D eigenvalue weighted by Gasteiger charge is 2.03. The van der Waals surface area contributed by atoms with Crippen LogP contribution in [0.1, 0.15) is 24.0 Å². The molecule has 12 heavy (non-hydrogen) atoms. The number of nitrogens with zero attached hydrogens (tertiary/aromatic N) is 1. The lowest BCUT2D eigenvalue weighted by Crippen LogP contribution is -2.19. The van der Waals surface area contributed by atoms with Crippen molar-refractivity contribution in [2.45, 2.75) is 26.8 Å². The Morgan fingerprint density at radius 2 is 2.25 bits per heavy atom. The van der Waals surface area contributed by atoms with E-state index in [0.717, 1.165) is 12.1 Å². The molecule has 0 saturated carbocycles. The standard InChI is InChI=1S/C8H13N3O/c1-3-6-5(2)8(12)11-7(4-9)10-6/h3-4,9H2,1-2H3,(H,10,11,12). The molecule has 0 aliphatic rings. The van der Waals surface area contributed by atoms with Crippen LogP contribution in [0.25, 0.3) is 0 Å². The summed E-state index contributed by atoms with van der Waals surface area (Å²) < 4.78 is 0. The maximum atomic E-state index is 11.2. The van der Waals surface area contributed by atoms with Crippen LogP contribution in [0.2, 0.25) is 0 Å². The van der Waals surface area contributed by atoms with E-state index in [1.54, 1.807) is 6.92 Å². The average molecular weight is 167 g/mol. The number of aromatic amines is 1. The van der Waals surface area contributed by atoms with Crippen LogP contribution in [0.15, 0.2) is 4.79 Å². The van der Waals surface area contributed by atoms with E-state index in [1.165, 1.54) is 0 Å². The van der Waals surface area contributed by atoms with Crippen molar-refractivity contribution >= 4 is 0 Å². The van der Waals surface area contributed by atoms with Gasteiger partial charge < -0.3 is 10.7 Å². The van der Waals surface area contributed by atoms with Gasteiger partial charge in [0.2, 0.25) is 0 Å². The van der Waals surface area contributed by atoms with Crippen molar-refractivity contribution < 1.29 is 0 Å². The molecule has 0 aromatic carbocycles. The maximum Gasteiger partial charge on any atom is 0.254 e. The minimum absolute atomic E-state index is 0.0812. The van der Waals surface area contributed by atoms with Gasteiger partial charge in [0.05, 0.1) is 12.2 Å². The Hall–Kier alpha value is -1.16. The van der Waals surface area contributed by atoms with Crippen LogP contribution < -0.4 is 11.3 Å². The molecule has 0 unspecified atom stereocenters. The lowest BCUT2D eigenvalue weighted by Gasteiger charge is -2.02. The average Bonchev–Trinajstić information content (AvgIpc) is 2.09. The predicted molar refractivity (Wildman–Crippen MR) is 46.9 cm³/mol. The van der Waals surface area contributed by atoms with E-state index in [-0.39, 0.29) is 12.1 Å². The van der Waals surface area contributed by atoms with E-state index in [2.05, 4.69) is 9.97 Å². The molecular weight excluding hydrogens is 154 g/mol. The molecule has 0 atom stereocenters. The first-order valence-electron chi connectivity index (χ1n) is 3.97. The number of hydrogen-bond donors (Lipinski definition) is 2. The Kier molecular flexibility index (Phi) is 2.60. The van der Waals surface area contributed by atoms with Crippen LogP contribution in [0.4, 0.5) is 0 Å². The summed E-state index contributed by atoms with van der Waals surface area (Å²) in [6, 6.07) is 0. The second-order valence-corrected chi connectivity index (χ2v) is 2.64. The summed E-state index contributed by atoms with van der Waals surface area (Å²) in [7, 11) is 0. The van der Waals surface area contributed by atoms with Crippen molar-refractivity contribution in [3.8, 4) is 0 Å². The third kappa shape index (κ3) is 1.53. The fourth-order valence-corrected chi connectivity index (χ4v) is 1.07. The molecule has 0 aliphatic carbocycles. The Balaban J connectivity index is 3.29. The van der Waals surface area contributed by atoms with Gasteiger partial charge in [-0.15, -0.1) is 0 Å². The molecule has 4 heteroatoms. The second-order valence-electron chi connectivity index (χ2n) is 2.64. The van der Waals surface area contributed by atoms with Gasteiger partial charge in [0, 0.05) is 5.56 Å². The fourth-order valence-electron chi connectivity index (χ4n) is 1.07. The largest absolute Gasteiger partial charge is 0.324 e. The molecule has 0 radical (unpaired) electrons. The molecule has 4 nitrogen and oxygen atoms in total. The summed E-state index contributed by atoms with van der Waals surface area (Å²) in [4.78, 5) is 18.0. The van der Waals surface area contributed by atoms with Crippen molar-refractivity contribution in [1.29, 1.82) is 0 Å². The summed E-state index contributed by atoms with van der Waals surface area (Å²) in [5, 5.41) is 0. The van der Waals surface area contributed by atoms with E-state index in [0.29, 0.717) is 11.4 Å². The molecule has 0 saturated heterocycles. The Morgan fingerprint density at radius 3 is 2.75 bits per heavy atom. The van der Waals surface area contributed by atoms with Crippen molar-refractivity contribution in [3.05, 3.63) is 27.4 Å². The lowest BCUT2D eigenvalue weighted by atomic mass is 10.2. The van der Waals surface area contributed by atoms with E-state index >= 15 is 0 Å². The molecule has 1 rings (SSSR count). The zero-order chi connectivity index (χ0) is 9.14. The molecule has 3 N–H and O–H groups in total. The topological polar surface area (TPSA) is 71.8 Å². The molecule has 0 amide bonds. The SMILES string of the molecule is CCc1nc(CN)[nH]c(=O)c1C. The smallest absolute Gasteiger partial charge is 0.254 e. The monoisotopic (exact) mass is 167 g/mol. The number of aryl methyl sites for hydroxylation is 1. The first-order valence-corrected chi connectivity index (χ1v) is 3.97. The summed E-state index contributed by atoms with van der Waals surface area (Å²) >= 11 is 0. The Labute approximate surface area is 70.8 Å². The predicted octanol–water partition coefficient (Wildman–Crippen LogP) is 0.0994. The van der Waals surface area contributed by atoms with Crippen LogP contribution in [-0.4, -0.2) is 9.97 Å². The maximum absolute atomic E-state index is 11.2. The zero-order valence-corrected chi connectivity index (χ0v) is 7.35. The van der Waals surface area contributed by atoms with E-state index in [4.69, 9.17) is 5.73 Å². The number of nitrogens with one attached hydrogen (secondary N) is 1. The highest BCUT2D eigenvalue weighted by atomic mass is 16.1. The van der Waals surface area contributed by atoms with Crippen LogP contribution in [0, 0.1) is 6.92 Å². The first kappa shape index (κ1) is 8.93. The molecule has 1 aromatic rings. The normalized spacial score (nSPS) is 10.2. The summed E-state index contributed by atoms with van der Waals surface area (Å²) in [5.41, 5.74) is 6.80. The zero-order valence-electron chi connectivity index (χ0n) is 7.35. The Morgan fingerprint density at radius 1 is 1.58 bits per heavy atom. The molecule has 1 aromatic heterocycles. The van der Waals surface area contributed by atoms with E-state index in [1.807, 2.05) is 6.92 Å². The molecule has 0 fully saturated rings. The van der Waals surface area contributed by atoms with Crippen molar-refractivity contribution in [1.82, 2.24) is 9.97 Å². The van der Waals surface area contributed by atoms with Gasteiger partial charge in [-0.25, -0.2) is 4.98 Å². The number of rotatable bonds is 2. The minimum Gasteiger partial charge on any atom is -0.324 e. The van der Waals surface area contributed by atoms with Gasteiger partial charge in [0.1, 0.15) is 5.82 Å². The second kappa shape index (κ2) is 3.49. The Bertz CT molecular complexity index is 330.